The lowest BCUT2D eigenvalue weighted by molar-refractivity contribution is -0.160. The number of carbonyl (C=O) groups is 2. The molecule has 5 heteroatoms. The molecule has 0 heterocycles. The summed E-state index contributed by atoms with van der Waals surface area (Å²) in [6, 6.07) is 8.06. The summed E-state index contributed by atoms with van der Waals surface area (Å²) < 4.78 is 6.09. The lowest BCUT2D eigenvalue weighted by atomic mass is 10.0. The summed E-state index contributed by atoms with van der Waals surface area (Å²) in [5, 5.41) is 0. The number of nitrogens with zero attached hydrogens (tertiary/aromatic N) is 1. The highest BCUT2D eigenvalue weighted by Crippen LogP contribution is 2.49. The van der Waals surface area contributed by atoms with E-state index in [9.17, 15) is 9.59 Å². The first-order valence-electron chi connectivity index (χ1n) is 7.49. The van der Waals surface area contributed by atoms with Gasteiger partial charge in [-0.25, -0.2) is 4.79 Å². The minimum Gasteiger partial charge on any atom is -0.464 e. The topological polar surface area (TPSA) is 46.6 Å². The lowest BCUT2D eigenvalue weighted by Crippen LogP contribution is -2.52. The van der Waals surface area contributed by atoms with E-state index in [1.807, 2.05) is 24.3 Å². The Morgan fingerprint density at radius 2 is 1.91 bits per heavy atom. The van der Waals surface area contributed by atoms with Crippen molar-refractivity contribution in [3.63, 3.8) is 0 Å². The molecule has 0 spiro atoms. The molecule has 1 aliphatic rings. The van der Waals surface area contributed by atoms with Crippen LogP contribution in [-0.4, -0.2) is 36.0 Å². The number of ether oxygens (including phenoxy) is 1. The van der Waals surface area contributed by atoms with Gasteiger partial charge >= 0.3 is 5.97 Å². The van der Waals surface area contributed by atoms with Crippen molar-refractivity contribution < 1.29 is 14.3 Å². The molecule has 0 aromatic heterocycles. The van der Waals surface area contributed by atoms with Crippen LogP contribution < -0.4 is 0 Å². The van der Waals surface area contributed by atoms with Crippen molar-refractivity contribution >= 4 is 27.8 Å². The average molecular weight is 368 g/mol. The Morgan fingerprint density at radius 3 is 2.45 bits per heavy atom. The molecule has 0 aliphatic heterocycles. The summed E-state index contributed by atoms with van der Waals surface area (Å²) in [6.45, 7) is 5.52. The minimum atomic E-state index is -0.944. The number of carbonyl (C=O) groups excluding carboxylic acids is 2. The first kappa shape index (κ1) is 17.0. The molecule has 0 radical (unpaired) electrons. The number of benzene rings is 1. The van der Waals surface area contributed by atoms with Crippen molar-refractivity contribution in [2.75, 3.05) is 13.7 Å². The van der Waals surface area contributed by atoms with E-state index in [0.717, 1.165) is 10.9 Å². The maximum Gasteiger partial charge on any atom is 0.331 e. The molecule has 1 aromatic rings. The maximum absolute atomic E-state index is 12.6. The van der Waals surface area contributed by atoms with Crippen LogP contribution in [0, 0.1) is 5.92 Å². The fraction of sp³-hybridized carbons (Fsp3) is 0.529. The first-order chi connectivity index (χ1) is 10.3. The SMILES string of the molecule is CCOC(=O)C(C)(C)N(C)C(=O)C1CC1c1ccc(Br)cc1. The third-order valence-electron chi connectivity index (χ3n) is 4.35. The standard InChI is InChI=1S/C17H22BrNO3/c1-5-22-16(21)17(2,3)19(4)15(20)14-10-13(14)11-6-8-12(18)9-7-11/h6-9,13-14H,5,10H2,1-4H3. The van der Waals surface area contributed by atoms with E-state index in [0.29, 0.717) is 6.61 Å². The molecule has 1 aliphatic carbocycles. The fourth-order valence-corrected chi connectivity index (χ4v) is 2.78. The third-order valence-corrected chi connectivity index (χ3v) is 4.88. The summed E-state index contributed by atoms with van der Waals surface area (Å²) in [6.07, 6.45) is 0.837. The second kappa shape index (κ2) is 6.41. The van der Waals surface area contributed by atoms with Crippen LogP contribution in [0.2, 0.25) is 0 Å². The molecule has 0 saturated heterocycles. The highest BCUT2D eigenvalue weighted by Gasteiger charge is 2.48. The Labute approximate surface area is 140 Å². The van der Waals surface area contributed by atoms with E-state index in [1.165, 1.54) is 10.5 Å². The Bertz CT molecular complexity index is 568. The van der Waals surface area contributed by atoms with Crippen molar-refractivity contribution in [1.29, 1.82) is 0 Å². The quantitative estimate of drug-likeness (QED) is 0.749. The highest BCUT2D eigenvalue weighted by atomic mass is 79.9. The van der Waals surface area contributed by atoms with Crippen LogP contribution in [0.3, 0.4) is 0 Å². The van der Waals surface area contributed by atoms with Gasteiger partial charge in [-0.05, 0) is 50.8 Å². The van der Waals surface area contributed by atoms with Crippen LogP contribution in [0.4, 0.5) is 0 Å². The Kier molecular flexibility index (Phi) is 4.95. The van der Waals surface area contributed by atoms with Crippen molar-refractivity contribution in [3.8, 4) is 0 Å². The molecule has 2 unspecified atom stereocenters. The van der Waals surface area contributed by atoms with Crippen LogP contribution in [0.25, 0.3) is 0 Å². The van der Waals surface area contributed by atoms with Crippen LogP contribution >= 0.6 is 15.9 Å². The van der Waals surface area contributed by atoms with E-state index in [2.05, 4.69) is 15.9 Å². The van der Waals surface area contributed by atoms with Gasteiger partial charge in [0.2, 0.25) is 5.91 Å². The number of amides is 1. The monoisotopic (exact) mass is 367 g/mol. The number of likely N-dealkylation sites (N-methyl/N-ethyl adjacent to an activating group) is 1. The second-order valence-corrected chi connectivity index (χ2v) is 7.09. The number of esters is 1. The van der Waals surface area contributed by atoms with Crippen molar-refractivity contribution in [3.05, 3.63) is 34.3 Å². The zero-order valence-electron chi connectivity index (χ0n) is 13.4. The van der Waals surface area contributed by atoms with Crippen molar-refractivity contribution in [2.24, 2.45) is 5.92 Å². The van der Waals surface area contributed by atoms with Crippen LogP contribution in [0.15, 0.2) is 28.7 Å². The van der Waals surface area contributed by atoms with E-state index in [1.54, 1.807) is 27.8 Å². The molecular formula is C17H22BrNO3. The van der Waals surface area contributed by atoms with Crippen LogP contribution in [0.5, 0.6) is 0 Å². The normalized spacial score (nSPS) is 20.4. The molecule has 120 valence electrons. The van der Waals surface area contributed by atoms with Gasteiger partial charge in [-0.1, -0.05) is 28.1 Å². The Balaban J connectivity index is 2.03. The van der Waals surface area contributed by atoms with E-state index < -0.39 is 5.54 Å². The largest absolute Gasteiger partial charge is 0.464 e. The highest BCUT2D eigenvalue weighted by molar-refractivity contribution is 9.10. The van der Waals surface area contributed by atoms with Gasteiger partial charge < -0.3 is 9.64 Å². The number of hydrogen-bond donors (Lipinski definition) is 0. The maximum atomic E-state index is 12.6. The predicted molar refractivity (Wildman–Crippen MR) is 88.5 cm³/mol. The molecule has 1 amide bonds. The zero-order chi connectivity index (χ0) is 16.5. The van der Waals surface area contributed by atoms with E-state index in [4.69, 9.17) is 4.74 Å². The molecular weight excluding hydrogens is 346 g/mol. The van der Waals surface area contributed by atoms with Gasteiger partial charge in [0.05, 0.1) is 6.61 Å². The van der Waals surface area contributed by atoms with Gasteiger partial charge in [0.1, 0.15) is 5.54 Å². The van der Waals surface area contributed by atoms with Gasteiger partial charge in [-0.15, -0.1) is 0 Å². The summed E-state index contributed by atoms with van der Waals surface area (Å²) in [5.41, 5.74) is 0.226. The zero-order valence-corrected chi connectivity index (χ0v) is 15.0. The first-order valence-corrected chi connectivity index (χ1v) is 8.28. The predicted octanol–water partition coefficient (Wildman–Crippen LogP) is 3.35. The van der Waals surface area contributed by atoms with Gasteiger partial charge in [0.15, 0.2) is 0 Å². The molecule has 0 N–H and O–H groups in total. The average Bonchev–Trinajstić information content (AvgIpc) is 3.27. The molecule has 4 nitrogen and oxygen atoms in total. The minimum absolute atomic E-state index is 0.00553. The summed E-state index contributed by atoms with van der Waals surface area (Å²) >= 11 is 3.41. The summed E-state index contributed by atoms with van der Waals surface area (Å²) in [7, 11) is 1.68. The van der Waals surface area contributed by atoms with Crippen molar-refractivity contribution in [2.45, 2.75) is 38.6 Å². The van der Waals surface area contributed by atoms with Gasteiger partial charge in [0.25, 0.3) is 0 Å². The summed E-state index contributed by atoms with van der Waals surface area (Å²) in [5.74, 6) is -0.154. The second-order valence-electron chi connectivity index (χ2n) is 6.18. The molecule has 2 atom stereocenters. The molecule has 1 saturated carbocycles. The van der Waals surface area contributed by atoms with E-state index >= 15 is 0 Å². The van der Waals surface area contributed by atoms with Crippen molar-refractivity contribution in [1.82, 2.24) is 4.90 Å². The van der Waals surface area contributed by atoms with Crippen LogP contribution in [-0.2, 0) is 14.3 Å². The summed E-state index contributed by atoms with van der Waals surface area (Å²) in [4.78, 5) is 26.2. The molecule has 2 rings (SSSR count). The van der Waals surface area contributed by atoms with E-state index in [-0.39, 0.29) is 23.7 Å². The smallest absolute Gasteiger partial charge is 0.331 e. The fourth-order valence-electron chi connectivity index (χ4n) is 2.52. The molecule has 0 bridgehead atoms. The van der Waals surface area contributed by atoms with Gasteiger partial charge in [-0.2, -0.15) is 0 Å². The molecule has 1 aromatic carbocycles. The number of rotatable bonds is 5. The Hall–Kier alpha value is -1.36. The van der Waals surface area contributed by atoms with Crippen LogP contribution in [0.1, 0.15) is 38.7 Å². The lowest BCUT2D eigenvalue weighted by Gasteiger charge is -2.33. The Morgan fingerprint density at radius 1 is 1.32 bits per heavy atom. The number of hydrogen-bond acceptors (Lipinski definition) is 3. The van der Waals surface area contributed by atoms with Gasteiger partial charge in [0, 0.05) is 17.4 Å². The molecule has 1 fully saturated rings. The number of halogens is 1. The molecule has 22 heavy (non-hydrogen) atoms. The third kappa shape index (κ3) is 3.35. The van der Waals surface area contributed by atoms with Gasteiger partial charge in [-0.3, -0.25) is 4.79 Å².